The summed E-state index contributed by atoms with van der Waals surface area (Å²) in [7, 11) is 0. The van der Waals surface area contributed by atoms with Gasteiger partial charge in [0, 0.05) is 24.0 Å². The number of nitrogens with one attached hydrogen (secondary N) is 1. The van der Waals surface area contributed by atoms with Crippen LogP contribution in [0.3, 0.4) is 0 Å². The van der Waals surface area contributed by atoms with Crippen molar-refractivity contribution in [2.75, 3.05) is 19.6 Å². The van der Waals surface area contributed by atoms with Crippen LogP contribution in [0, 0.1) is 6.92 Å². The number of hydrogen-bond acceptors (Lipinski definition) is 4. The Hall–Kier alpha value is -1.95. The molecule has 1 aliphatic heterocycles. The number of amides is 1. The Kier molecular flexibility index (Phi) is 5.37. The van der Waals surface area contributed by atoms with Crippen LogP contribution in [-0.2, 0) is 0 Å². The van der Waals surface area contributed by atoms with Gasteiger partial charge in [0.25, 0.3) is 5.91 Å². The largest absolute Gasteiger partial charge is 0.336 e. The van der Waals surface area contributed by atoms with E-state index >= 15 is 0 Å². The molecule has 0 spiro atoms. The van der Waals surface area contributed by atoms with Gasteiger partial charge in [-0.1, -0.05) is 6.92 Å². The third-order valence-corrected chi connectivity index (χ3v) is 4.95. The first kappa shape index (κ1) is 17.9. The van der Waals surface area contributed by atoms with E-state index in [0.29, 0.717) is 11.6 Å². The summed E-state index contributed by atoms with van der Waals surface area (Å²) in [4.78, 5) is 20.0. The molecule has 1 fully saturated rings. The SMILES string of the molecule is CCCN(C(=O)c1cc2cnn(C(C)C)c2nc1C)C1CCNCC1. The molecule has 3 rings (SSSR count). The molecule has 0 aliphatic carbocycles. The summed E-state index contributed by atoms with van der Waals surface area (Å²) >= 11 is 0. The topological polar surface area (TPSA) is 63.1 Å². The Bertz CT molecular complexity index is 746. The second-order valence-electron chi connectivity index (χ2n) is 7.20. The van der Waals surface area contributed by atoms with Crippen LogP contribution in [-0.4, -0.2) is 51.2 Å². The van der Waals surface area contributed by atoms with Gasteiger partial charge in [-0.25, -0.2) is 9.67 Å². The van der Waals surface area contributed by atoms with Crippen LogP contribution < -0.4 is 5.32 Å². The zero-order valence-electron chi connectivity index (χ0n) is 15.7. The van der Waals surface area contributed by atoms with Gasteiger partial charge in [-0.3, -0.25) is 4.79 Å². The Morgan fingerprint density at radius 1 is 1.40 bits per heavy atom. The van der Waals surface area contributed by atoms with E-state index in [1.54, 1.807) is 0 Å². The Labute approximate surface area is 149 Å². The molecule has 6 heteroatoms. The molecule has 1 saturated heterocycles. The highest BCUT2D eigenvalue weighted by molar-refractivity contribution is 5.98. The van der Waals surface area contributed by atoms with Gasteiger partial charge in [0.1, 0.15) is 0 Å². The molecule has 3 heterocycles. The van der Waals surface area contributed by atoms with E-state index in [0.717, 1.165) is 55.6 Å². The maximum atomic E-state index is 13.3. The standard InChI is InChI=1S/C19H29N5O/c1-5-10-23(16-6-8-20-9-7-16)19(25)17-11-15-12-21-24(13(2)3)18(15)22-14(17)4/h11-13,16,20H,5-10H2,1-4H3. The molecule has 2 aromatic heterocycles. The Balaban J connectivity index is 1.95. The third-order valence-electron chi connectivity index (χ3n) is 4.95. The van der Waals surface area contributed by atoms with Crippen LogP contribution in [0.15, 0.2) is 12.3 Å². The normalized spacial score (nSPS) is 15.9. The third kappa shape index (κ3) is 3.54. The maximum absolute atomic E-state index is 13.3. The minimum atomic E-state index is 0.109. The van der Waals surface area contributed by atoms with E-state index in [9.17, 15) is 4.79 Å². The van der Waals surface area contributed by atoms with Gasteiger partial charge in [-0.15, -0.1) is 0 Å². The van der Waals surface area contributed by atoms with E-state index < -0.39 is 0 Å². The highest BCUT2D eigenvalue weighted by atomic mass is 16.2. The monoisotopic (exact) mass is 343 g/mol. The molecule has 0 aromatic carbocycles. The number of fused-ring (bicyclic) bond motifs is 1. The summed E-state index contributed by atoms with van der Waals surface area (Å²) < 4.78 is 1.91. The lowest BCUT2D eigenvalue weighted by molar-refractivity contribution is 0.0641. The quantitative estimate of drug-likeness (QED) is 0.907. The molecule has 0 unspecified atom stereocenters. The number of nitrogens with zero attached hydrogens (tertiary/aromatic N) is 4. The van der Waals surface area contributed by atoms with E-state index in [1.807, 2.05) is 23.9 Å². The molecule has 1 aliphatic rings. The maximum Gasteiger partial charge on any atom is 0.255 e. The fourth-order valence-corrected chi connectivity index (χ4v) is 3.62. The van der Waals surface area contributed by atoms with Crippen LogP contribution in [0.2, 0.25) is 0 Å². The first-order valence-electron chi connectivity index (χ1n) is 9.39. The number of hydrogen-bond donors (Lipinski definition) is 1. The first-order valence-corrected chi connectivity index (χ1v) is 9.39. The van der Waals surface area contributed by atoms with Crippen molar-refractivity contribution in [1.82, 2.24) is 25.0 Å². The molecule has 0 saturated carbocycles. The Morgan fingerprint density at radius 2 is 2.12 bits per heavy atom. The van der Waals surface area contributed by atoms with Gasteiger partial charge < -0.3 is 10.2 Å². The van der Waals surface area contributed by atoms with Gasteiger partial charge in [0.05, 0.1) is 17.5 Å². The minimum Gasteiger partial charge on any atom is -0.336 e. The van der Waals surface area contributed by atoms with Crippen molar-refractivity contribution in [3.63, 3.8) is 0 Å². The molecule has 136 valence electrons. The number of rotatable bonds is 5. The smallest absolute Gasteiger partial charge is 0.255 e. The predicted molar refractivity (Wildman–Crippen MR) is 99.9 cm³/mol. The molecule has 2 aromatic rings. The Morgan fingerprint density at radius 3 is 2.76 bits per heavy atom. The van der Waals surface area contributed by atoms with E-state index in [1.165, 1.54) is 0 Å². The molecule has 0 atom stereocenters. The molecule has 0 radical (unpaired) electrons. The van der Waals surface area contributed by atoms with Crippen molar-refractivity contribution in [3.05, 3.63) is 23.5 Å². The van der Waals surface area contributed by atoms with Crippen LogP contribution in [0.4, 0.5) is 0 Å². The average Bonchev–Trinajstić information content (AvgIpc) is 3.02. The number of pyridine rings is 1. The zero-order chi connectivity index (χ0) is 18.0. The summed E-state index contributed by atoms with van der Waals surface area (Å²) in [5, 5.41) is 8.74. The van der Waals surface area contributed by atoms with E-state index in [-0.39, 0.29) is 11.9 Å². The lowest BCUT2D eigenvalue weighted by Crippen LogP contribution is -2.46. The van der Waals surface area contributed by atoms with Crippen molar-refractivity contribution in [2.24, 2.45) is 0 Å². The van der Waals surface area contributed by atoms with E-state index in [2.05, 4.69) is 36.1 Å². The van der Waals surface area contributed by atoms with Gasteiger partial charge in [0.15, 0.2) is 5.65 Å². The lowest BCUT2D eigenvalue weighted by atomic mass is 10.0. The fraction of sp³-hybridized carbons (Fsp3) is 0.632. The fourth-order valence-electron chi connectivity index (χ4n) is 3.62. The molecule has 1 N–H and O–H groups in total. The van der Waals surface area contributed by atoms with Gasteiger partial charge in [-0.2, -0.15) is 5.10 Å². The van der Waals surface area contributed by atoms with Crippen LogP contribution in [0.1, 0.15) is 62.1 Å². The van der Waals surface area contributed by atoms with Crippen molar-refractivity contribution < 1.29 is 4.79 Å². The van der Waals surface area contributed by atoms with Crippen molar-refractivity contribution in [2.45, 2.75) is 59.0 Å². The highest BCUT2D eigenvalue weighted by Crippen LogP contribution is 2.22. The average molecular weight is 343 g/mol. The van der Waals surface area contributed by atoms with Crippen LogP contribution in [0.5, 0.6) is 0 Å². The van der Waals surface area contributed by atoms with E-state index in [4.69, 9.17) is 4.98 Å². The van der Waals surface area contributed by atoms with Crippen molar-refractivity contribution >= 4 is 16.9 Å². The predicted octanol–water partition coefficient (Wildman–Crippen LogP) is 2.92. The molecular formula is C19H29N5O. The first-order chi connectivity index (χ1) is 12.0. The molecule has 0 bridgehead atoms. The second kappa shape index (κ2) is 7.52. The van der Waals surface area contributed by atoms with Crippen molar-refractivity contribution in [3.8, 4) is 0 Å². The number of piperidine rings is 1. The van der Waals surface area contributed by atoms with Crippen molar-refractivity contribution in [1.29, 1.82) is 0 Å². The summed E-state index contributed by atoms with van der Waals surface area (Å²) in [6.45, 7) is 11.0. The summed E-state index contributed by atoms with van der Waals surface area (Å²) in [5.74, 6) is 0.109. The summed E-state index contributed by atoms with van der Waals surface area (Å²) in [5.41, 5.74) is 2.35. The van der Waals surface area contributed by atoms with Gasteiger partial charge in [0.2, 0.25) is 0 Å². The number of aryl methyl sites for hydroxylation is 1. The minimum absolute atomic E-state index is 0.109. The number of carbonyl (C=O) groups excluding carboxylic acids is 1. The van der Waals surface area contributed by atoms with Crippen LogP contribution in [0.25, 0.3) is 11.0 Å². The zero-order valence-corrected chi connectivity index (χ0v) is 15.7. The van der Waals surface area contributed by atoms with Gasteiger partial charge >= 0.3 is 0 Å². The second-order valence-corrected chi connectivity index (χ2v) is 7.20. The lowest BCUT2D eigenvalue weighted by Gasteiger charge is -2.35. The summed E-state index contributed by atoms with van der Waals surface area (Å²) in [6, 6.07) is 2.54. The molecular weight excluding hydrogens is 314 g/mol. The molecule has 1 amide bonds. The van der Waals surface area contributed by atoms with Crippen LogP contribution >= 0.6 is 0 Å². The summed E-state index contributed by atoms with van der Waals surface area (Å²) in [6.07, 6.45) is 4.82. The number of aromatic nitrogens is 3. The van der Waals surface area contributed by atoms with Gasteiger partial charge in [-0.05, 0) is 59.2 Å². The number of carbonyl (C=O) groups is 1. The highest BCUT2D eigenvalue weighted by Gasteiger charge is 2.27. The molecule has 25 heavy (non-hydrogen) atoms. The molecule has 6 nitrogen and oxygen atoms in total.